The molecule has 1 heterocycles. The Morgan fingerprint density at radius 2 is 2.06 bits per heavy atom. The summed E-state index contributed by atoms with van der Waals surface area (Å²) in [5.41, 5.74) is 0. The van der Waals surface area contributed by atoms with E-state index in [0.29, 0.717) is 18.8 Å². The number of hydrogen-bond donors (Lipinski definition) is 1. The Labute approximate surface area is 109 Å². The minimum absolute atomic E-state index is 0.307. The smallest absolute Gasteiger partial charge is 0.129 e. The van der Waals surface area contributed by atoms with E-state index in [1.54, 1.807) is 7.11 Å². The first-order valence-corrected chi connectivity index (χ1v) is 6.68. The van der Waals surface area contributed by atoms with Gasteiger partial charge in [-0.05, 0) is 44.9 Å². The minimum Gasteiger partial charge on any atom is -0.462 e. The van der Waals surface area contributed by atoms with Crippen LogP contribution in [0.4, 0.5) is 0 Å². The summed E-state index contributed by atoms with van der Waals surface area (Å²) in [7, 11) is 3.69. The van der Waals surface area contributed by atoms with E-state index in [9.17, 15) is 0 Å². The van der Waals surface area contributed by atoms with Crippen LogP contribution in [0, 0.1) is 0 Å². The first-order chi connectivity index (χ1) is 8.81. The van der Waals surface area contributed by atoms with Crippen molar-refractivity contribution in [2.45, 2.75) is 51.0 Å². The molecule has 0 saturated heterocycles. The molecule has 2 unspecified atom stereocenters. The Hall–Kier alpha value is -0.840. The highest BCUT2D eigenvalue weighted by atomic mass is 16.5. The number of ether oxygens (including phenoxy) is 2. The molecule has 0 aromatic carbocycles. The highest BCUT2D eigenvalue weighted by Crippen LogP contribution is 2.24. The zero-order valence-electron chi connectivity index (χ0n) is 11.3. The Bertz CT molecular complexity index is 351. The van der Waals surface area contributed by atoms with Gasteiger partial charge in [0.2, 0.25) is 0 Å². The number of furan rings is 1. The third kappa shape index (κ3) is 3.83. The van der Waals surface area contributed by atoms with Crippen LogP contribution in [0.1, 0.15) is 37.2 Å². The van der Waals surface area contributed by atoms with Gasteiger partial charge in [0.05, 0.1) is 18.8 Å². The SMILES string of the molecule is CNCc1ccc(COC2CCCC(OC)C2)o1. The summed E-state index contributed by atoms with van der Waals surface area (Å²) in [6.07, 6.45) is 5.14. The third-order valence-corrected chi connectivity index (χ3v) is 3.44. The van der Waals surface area contributed by atoms with Crippen molar-refractivity contribution in [3.63, 3.8) is 0 Å². The van der Waals surface area contributed by atoms with Crippen molar-refractivity contribution in [3.8, 4) is 0 Å². The van der Waals surface area contributed by atoms with Gasteiger partial charge in [-0.3, -0.25) is 0 Å². The Morgan fingerprint density at radius 1 is 1.28 bits per heavy atom. The van der Waals surface area contributed by atoms with Gasteiger partial charge in [-0.15, -0.1) is 0 Å². The average Bonchev–Trinajstić information content (AvgIpc) is 2.85. The maximum absolute atomic E-state index is 5.90. The average molecular weight is 253 g/mol. The van der Waals surface area contributed by atoms with E-state index in [4.69, 9.17) is 13.9 Å². The largest absolute Gasteiger partial charge is 0.462 e. The summed E-state index contributed by atoms with van der Waals surface area (Å²) < 4.78 is 16.9. The fourth-order valence-corrected chi connectivity index (χ4v) is 2.44. The number of hydrogen-bond acceptors (Lipinski definition) is 4. The number of rotatable bonds is 6. The second kappa shape index (κ2) is 6.92. The second-order valence-electron chi connectivity index (χ2n) is 4.86. The molecule has 4 heteroatoms. The Kier molecular flexibility index (Phi) is 5.23. The van der Waals surface area contributed by atoms with E-state index in [-0.39, 0.29) is 0 Å². The van der Waals surface area contributed by atoms with Crippen LogP contribution in [-0.4, -0.2) is 26.4 Å². The maximum Gasteiger partial charge on any atom is 0.129 e. The van der Waals surface area contributed by atoms with Crippen LogP contribution >= 0.6 is 0 Å². The molecule has 1 aromatic heterocycles. The standard InChI is InChI=1S/C14H23NO3/c1-15-9-13-6-7-14(18-13)10-17-12-5-3-4-11(8-12)16-2/h6-7,11-12,15H,3-5,8-10H2,1-2H3. The van der Waals surface area contributed by atoms with Crippen molar-refractivity contribution in [2.24, 2.45) is 0 Å². The van der Waals surface area contributed by atoms with E-state index in [1.807, 2.05) is 19.2 Å². The highest BCUT2D eigenvalue weighted by Gasteiger charge is 2.22. The van der Waals surface area contributed by atoms with Crippen LogP contribution in [0.25, 0.3) is 0 Å². The molecule has 18 heavy (non-hydrogen) atoms. The van der Waals surface area contributed by atoms with Crippen LogP contribution in [0.2, 0.25) is 0 Å². The lowest BCUT2D eigenvalue weighted by Gasteiger charge is -2.27. The van der Waals surface area contributed by atoms with Gasteiger partial charge >= 0.3 is 0 Å². The molecule has 1 aliphatic rings. The van der Waals surface area contributed by atoms with E-state index in [0.717, 1.165) is 37.3 Å². The molecule has 1 N–H and O–H groups in total. The second-order valence-corrected chi connectivity index (χ2v) is 4.86. The van der Waals surface area contributed by atoms with Gasteiger partial charge in [-0.1, -0.05) is 0 Å². The summed E-state index contributed by atoms with van der Waals surface area (Å²) in [4.78, 5) is 0. The molecule has 1 saturated carbocycles. The predicted molar refractivity (Wildman–Crippen MR) is 69.3 cm³/mol. The minimum atomic E-state index is 0.307. The number of methoxy groups -OCH3 is 1. The lowest BCUT2D eigenvalue weighted by Crippen LogP contribution is -2.27. The number of nitrogens with one attached hydrogen (secondary N) is 1. The van der Waals surface area contributed by atoms with E-state index >= 15 is 0 Å². The molecule has 0 amide bonds. The van der Waals surface area contributed by atoms with Gasteiger partial charge in [0, 0.05) is 7.11 Å². The molecule has 2 atom stereocenters. The highest BCUT2D eigenvalue weighted by molar-refractivity contribution is 5.06. The fraction of sp³-hybridized carbons (Fsp3) is 0.714. The molecule has 0 aliphatic heterocycles. The summed E-state index contributed by atoms with van der Waals surface area (Å²) in [5.74, 6) is 1.86. The molecule has 1 fully saturated rings. The molecule has 2 rings (SSSR count). The van der Waals surface area contributed by atoms with Gasteiger partial charge in [0.15, 0.2) is 0 Å². The lowest BCUT2D eigenvalue weighted by atomic mass is 9.95. The van der Waals surface area contributed by atoms with Gasteiger partial charge in [-0.2, -0.15) is 0 Å². The third-order valence-electron chi connectivity index (χ3n) is 3.44. The van der Waals surface area contributed by atoms with Gasteiger partial charge in [0.25, 0.3) is 0 Å². The Balaban J connectivity index is 1.76. The van der Waals surface area contributed by atoms with Crippen molar-refractivity contribution >= 4 is 0 Å². The van der Waals surface area contributed by atoms with Crippen molar-refractivity contribution < 1.29 is 13.9 Å². The molecule has 1 aromatic rings. The summed E-state index contributed by atoms with van der Waals surface area (Å²) in [6.45, 7) is 1.32. The van der Waals surface area contributed by atoms with Gasteiger partial charge < -0.3 is 19.2 Å². The topological polar surface area (TPSA) is 43.6 Å². The zero-order chi connectivity index (χ0) is 12.8. The van der Waals surface area contributed by atoms with E-state index in [2.05, 4.69) is 5.32 Å². The monoisotopic (exact) mass is 253 g/mol. The van der Waals surface area contributed by atoms with E-state index < -0.39 is 0 Å². The first kappa shape index (κ1) is 13.6. The van der Waals surface area contributed by atoms with Crippen LogP contribution in [-0.2, 0) is 22.6 Å². The van der Waals surface area contributed by atoms with Crippen molar-refractivity contribution in [2.75, 3.05) is 14.2 Å². The summed E-state index contributed by atoms with van der Waals surface area (Å²) in [6, 6.07) is 3.98. The molecule has 4 nitrogen and oxygen atoms in total. The molecular formula is C14H23NO3. The predicted octanol–water partition coefficient (Wildman–Crippen LogP) is 2.47. The molecule has 0 bridgehead atoms. The van der Waals surface area contributed by atoms with Gasteiger partial charge in [-0.25, -0.2) is 0 Å². The molecule has 0 spiro atoms. The quantitative estimate of drug-likeness (QED) is 0.846. The lowest BCUT2D eigenvalue weighted by molar-refractivity contribution is -0.0407. The van der Waals surface area contributed by atoms with Crippen molar-refractivity contribution in [1.82, 2.24) is 5.32 Å². The normalized spacial score (nSPS) is 24.3. The van der Waals surface area contributed by atoms with E-state index in [1.165, 1.54) is 6.42 Å². The van der Waals surface area contributed by atoms with Crippen LogP contribution in [0.3, 0.4) is 0 Å². The van der Waals surface area contributed by atoms with Gasteiger partial charge in [0.1, 0.15) is 18.1 Å². The van der Waals surface area contributed by atoms with Crippen LogP contribution in [0.5, 0.6) is 0 Å². The Morgan fingerprint density at radius 3 is 2.83 bits per heavy atom. The molecular weight excluding hydrogens is 230 g/mol. The maximum atomic E-state index is 5.90. The van der Waals surface area contributed by atoms with Crippen molar-refractivity contribution in [1.29, 1.82) is 0 Å². The fourth-order valence-electron chi connectivity index (χ4n) is 2.44. The molecule has 1 aliphatic carbocycles. The summed E-state index contributed by atoms with van der Waals surface area (Å²) in [5, 5.41) is 3.07. The summed E-state index contributed by atoms with van der Waals surface area (Å²) >= 11 is 0. The van der Waals surface area contributed by atoms with Crippen molar-refractivity contribution in [3.05, 3.63) is 23.7 Å². The van der Waals surface area contributed by atoms with Crippen LogP contribution < -0.4 is 5.32 Å². The zero-order valence-corrected chi connectivity index (χ0v) is 11.3. The van der Waals surface area contributed by atoms with Crippen LogP contribution in [0.15, 0.2) is 16.5 Å². The first-order valence-electron chi connectivity index (χ1n) is 6.68. The molecule has 102 valence electrons. The molecule has 0 radical (unpaired) electrons.